The minimum Gasteiger partial charge on any atom is -0.473 e. The number of aryl methyl sites for hydroxylation is 1. The van der Waals surface area contributed by atoms with Gasteiger partial charge in [-0.3, -0.25) is 0 Å². The van der Waals surface area contributed by atoms with Crippen molar-refractivity contribution in [1.82, 2.24) is 4.98 Å². The number of aromatic nitrogens is 1. The van der Waals surface area contributed by atoms with Crippen LogP contribution in [0.15, 0.2) is 54.7 Å². The molecule has 26 heavy (non-hydrogen) atoms. The lowest BCUT2D eigenvalue weighted by Gasteiger charge is -2.17. The van der Waals surface area contributed by atoms with Crippen LogP contribution in [0.5, 0.6) is 5.88 Å². The summed E-state index contributed by atoms with van der Waals surface area (Å²) in [4.78, 5) is 4.14. The number of rotatable bonds is 4. The molecule has 1 unspecified atom stereocenters. The van der Waals surface area contributed by atoms with Crippen LogP contribution in [-0.4, -0.2) is 4.98 Å². The number of nitrogens with two attached hydrogens (primary N) is 1. The first-order valence-corrected chi connectivity index (χ1v) is 8.52. The summed E-state index contributed by atoms with van der Waals surface area (Å²) in [6, 6.07) is 14.2. The smallest absolute Gasteiger partial charge is 0.217 e. The second kappa shape index (κ2) is 6.75. The summed E-state index contributed by atoms with van der Waals surface area (Å²) in [6.07, 6.45) is 2.65. The Bertz CT molecular complexity index is 944. The molecule has 2 aromatic carbocycles. The van der Waals surface area contributed by atoms with Crippen LogP contribution in [0, 0.1) is 11.6 Å². The highest BCUT2D eigenvalue weighted by atomic mass is 19.1. The molecule has 1 heterocycles. The summed E-state index contributed by atoms with van der Waals surface area (Å²) in [5.41, 5.74) is 9.27. The van der Waals surface area contributed by atoms with Crippen LogP contribution in [0.25, 0.3) is 0 Å². The number of benzene rings is 2. The lowest BCUT2D eigenvalue weighted by molar-refractivity contribution is 0.288. The van der Waals surface area contributed by atoms with Gasteiger partial charge >= 0.3 is 0 Å². The number of anilines is 1. The standard InChI is InChI=1S/C21H18F2N2O/c22-15-9-18(16-7-6-14-8-20(24)19(23)10-17(14)16)21(25-11-15)26-12-13-4-2-1-3-5-13/h1-5,8-11,16H,6-7,12,24H2. The van der Waals surface area contributed by atoms with Gasteiger partial charge in [-0.15, -0.1) is 0 Å². The zero-order chi connectivity index (χ0) is 18.1. The van der Waals surface area contributed by atoms with Crippen LogP contribution in [0.2, 0.25) is 0 Å². The number of fused-ring (bicyclic) bond motifs is 1. The number of hydrogen-bond acceptors (Lipinski definition) is 3. The number of pyridine rings is 1. The first-order chi connectivity index (χ1) is 12.6. The molecule has 3 aromatic rings. The molecule has 132 valence electrons. The Kier molecular flexibility index (Phi) is 4.29. The Morgan fingerprint density at radius 3 is 2.69 bits per heavy atom. The van der Waals surface area contributed by atoms with E-state index in [0.717, 1.165) is 35.7 Å². The fourth-order valence-electron chi connectivity index (χ4n) is 3.51. The van der Waals surface area contributed by atoms with E-state index in [0.29, 0.717) is 18.1 Å². The molecule has 5 heteroatoms. The zero-order valence-corrected chi connectivity index (χ0v) is 14.1. The molecule has 0 radical (unpaired) electrons. The lowest BCUT2D eigenvalue weighted by atomic mass is 9.93. The van der Waals surface area contributed by atoms with Crippen molar-refractivity contribution in [3.63, 3.8) is 0 Å². The van der Waals surface area contributed by atoms with Crippen molar-refractivity contribution in [1.29, 1.82) is 0 Å². The average Bonchev–Trinajstić information content (AvgIpc) is 3.04. The number of ether oxygens (including phenoxy) is 1. The molecular weight excluding hydrogens is 334 g/mol. The normalized spacial score (nSPS) is 15.7. The van der Waals surface area contributed by atoms with Gasteiger partial charge < -0.3 is 10.5 Å². The van der Waals surface area contributed by atoms with Gasteiger partial charge in [0.25, 0.3) is 0 Å². The fraction of sp³-hybridized carbons (Fsp3) is 0.190. The van der Waals surface area contributed by atoms with Gasteiger partial charge in [0, 0.05) is 11.5 Å². The second-order valence-electron chi connectivity index (χ2n) is 6.49. The molecule has 1 aromatic heterocycles. The Morgan fingerprint density at radius 1 is 1.08 bits per heavy atom. The van der Waals surface area contributed by atoms with Gasteiger partial charge in [-0.25, -0.2) is 13.8 Å². The lowest BCUT2D eigenvalue weighted by Crippen LogP contribution is -2.06. The SMILES string of the molecule is Nc1cc2c(cc1F)C(c1cc(F)cnc1OCc1ccccc1)CC2. The molecule has 2 N–H and O–H groups in total. The predicted octanol–water partition coefficient (Wildman–Crippen LogP) is 4.60. The van der Waals surface area contributed by atoms with Crippen molar-refractivity contribution in [2.75, 3.05) is 5.73 Å². The van der Waals surface area contributed by atoms with Crippen LogP contribution in [0.1, 0.15) is 34.6 Å². The monoisotopic (exact) mass is 352 g/mol. The van der Waals surface area contributed by atoms with Crippen LogP contribution in [0.3, 0.4) is 0 Å². The van der Waals surface area contributed by atoms with Crippen LogP contribution >= 0.6 is 0 Å². The summed E-state index contributed by atoms with van der Waals surface area (Å²) in [5.74, 6) is -0.664. The molecule has 1 atom stereocenters. The first kappa shape index (κ1) is 16.5. The molecule has 0 aliphatic heterocycles. The van der Waals surface area contributed by atoms with E-state index in [9.17, 15) is 8.78 Å². The summed E-state index contributed by atoms with van der Waals surface area (Å²) < 4.78 is 33.7. The molecule has 0 saturated heterocycles. The molecule has 0 fully saturated rings. The molecule has 1 aliphatic rings. The number of nitrogen functional groups attached to an aromatic ring is 1. The third kappa shape index (κ3) is 3.12. The predicted molar refractivity (Wildman–Crippen MR) is 95.9 cm³/mol. The first-order valence-electron chi connectivity index (χ1n) is 8.52. The Hall–Kier alpha value is -2.95. The quantitative estimate of drug-likeness (QED) is 0.698. The van der Waals surface area contributed by atoms with Crippen molar-refractivity contribution in [2.24, 2.45) is 0 Å². The van der Waals surface area contributed by atoms with Gasteiger partial charge in [0.15, 0.2) is 0 Å². The van der Waals surface area contributed by atoms with E-state index >= 15 is 0 Å². The maximum atomic E-state index is 14.0. The Labute approximate surface area is 150 Å². The number of halogens is 2. The Morgan fingerprint density at radius 2 is 1.88 bits per heavy atom. The fourth-order valence-corrected chi connectivity index (χ4v) is 3.51. The van der Waals surface area contributed by atoms with E-state index in [4.69, 9.17) is 10.5 Å². The third-order valence-corrected chi connectivity index (χ3v) is 4.78. The third-order valence-electron chi connectivity index (χ3n) is 4.78. The van der Waals surface area contributed by atoms with Gasteiger partial charge in [0.05, 0.1) is 11.9 Å². The molecule has 0 amide bonds. The summed E-state index contributed by atoms with van der Waals surface area (Å²) >= 11 is 0. The summed E-state index contributed by atoms with van der Waals surface area (Å²) in [6.45, 7) is 0.335. The van der Waals surface area contributed by atoms with E-state index in [-0.39, 0.29) is 11.6 Å². The van der Waals surface area contributed by atoms with Gasteiger partial charge in [-0.1, -0.05) is 30.3 Å². The highest BCUT2D eigenvalue weighted by molar-refractivity contribution is 5.53. The summed E-state index contributed by atoms with van der Waals surface area (Å²) in [5, 5.41) is 0. The largest absolute Gasteiger partial charge is 0.473 e. The van der Waals surface area contributed by atoms with Gasteiger partial charge in [0.1, 0.15) is 18.2 Å². The molecule has 0 bridgehead atoms. The van der Waals surface area contributed by atoms with E-state index in [1.807, 2.05) is 30.3 Å². The van der Waals surface area contributed by atoms with Gasteiger partial charge in [-0.05, 0) is 47.7 Å². The number of hydrogen-bond donors (Lipinski definition) is 1. The Balaban J connectivity index is 1.67. The highest BCUT2D eigenvalue weighted by Gasteiger charge is 2.29. The van der Waals surface area contributed by atoms with E-state index in [1.165, 1.54) is 12.1 Å². The van der Waals surface area contributed by atoms with Crippen molar-refractivity contribution < 1.29 is 13.5 Å². The van der Waals surface area contributed by atoms with E-state index in [2.05, 4.69) is 4.98 Å². The average molecular weight is 352 g/mol. The molecule has 0 spiro atoms. The maximum absolute atomic E-state index is 14.0. The van der Waals surface area contributed by atoms with Gasteiger partial charge in [0.2, 0.25) is 5.88 Å². The second-order valence-corrected chi connectivity index (χ2v) is 6.49. The van der Waals surface area contributed by atoms with Crippen molar-refractivity contribution in [3.05, 3.63) is 88.6 Å². The zero-order valence-electron chi connectivity index (χ0n) is 14.1. The highest BCUT2D eigenvalue weighted by Crippen LogP contribution is 2.42. The van der Waals surface area contributed by atoms with Crippen LogP contribution in [-0.2, 0) is 13.0 Å². The maximum Gasteiger partial charge on any atom is 0.217 e. The van der Waals surface area contributed by atoms with Crippen LogP contribution < -0.4 is 10.5 Å². The van der Waals surface area contributed by atoms with Crippen molar-refractivity contribution in [2.45, 2.75) is 25.4 Å². The minimum atomic E-state index is -0.452. The van der Waals surface area contributed by atoms with Crippen molar-refractivity contribution >= 4 is 5.69 Å². The van der Waals surface area contributed by atoms with E-state index in [1.54, 1.807) is 6.07 Å². The van der Waals surface area contributed by atoms with Crippen LogP contribution in [0.4, 0.5) is 14.5 Å². The molecular formula is C21H18F2N2O. The van der Waals surface area contributed by atoms with Gasteiger partial charge in [-0.2, -0.15) is 0 Å². The number of nitrogens with zero attached hydrogens (tertiary/aromatic N) is 1. The van der Waals surface area contributed by atoms with Crippen molar-refractivity contribution in [3.8, 4) is 5.88 Å². The minimum absolute atomic E-state index is 0.141. The molecule has 1 aliphatic carbocycles. The summed E-state index contributed by atoms with van der Waals surface area (Å²) in [7, 11) is 0. The molecule has 4 rings (SSSR count). The van der Waals surface area contributed by atoms with E-state index < -0.39 is 11.6 Å². The molecule has 3 nitrogen and oxygen atoms in total. The topological polar surface area (TPSA) is 48.1 Å². The molecule has 0 saturated carbocycles.